The normalized spacial score (nSPS) is 11.7. The van der Waals surface area contributed by atoms with E-state index in [-0.39, 0.29) is 10.1 Å². The summed E-state index contributed by atoms with van der Waals surface area (Å²) in [5, 5.41) is 7.17. The predicted octanol–water partition coefficient (Wildman–Crippen LogP) is 1.26. The van der Waals surface area contributed by atoms with Crippen LogP contribution in [0.4, 0.5) is 0 Å². The number of aromatic nitrogens is 2. The summed E-state index contributed by atoms with van der Waals surface area (Å²) >= 11 is 1.15. The van der Waals surface area contributed by atoms with Crippen LogP contribution in [0.3, 0.4) is 0 Å². The van der Waals surface area contributed by atoms with Crippen LogP contribution in [0.15, 0.2) is 16.3 Å². The molecule has 0 radical (unpaired) electrons. The first kappa shape index (κ1) is 18.6. The lowest BCUT2D eigenvalue weighted by molar-refractivity contribution is -0.121. The van der Waals surface area contributed by atoms with E-state index in [1.807, 2.05) is 25.6 Å². The molecule has 0 aliphatic heterocycles. The maximum atomic E-state index is 12.0. The van der Waals surface area contributed by atoms with Crippen molar-refractivity contribution >= 4 is 27.3 Å². The second-order valence-corrected chi connectivity index (χ2v) is 8.76. The van der Waals surface area contributed by atoms with Crippen LogP contribution in [-0.2, 0) is 34.8 Å². The molecule has 0 aliphatic rings. The molecule has 0 atom stereocenters. The number of hydrogen-bond donors (Lipinski definition) is 2. The smallest absolute Gasteiger partial charge is 0.249 e. The van der Waals surface area contributed by atoms with Crippen LogP contribution in [0.25, 0.3) is 0 Å². The lowest BCUT2D eigenvalue weighted by atomic mass is 10.1. The van der Waals surface area contributed by atoms with E-state index >= 15 is 0 Å². The highest BCUT2D eigenvalue weighted by atomic mass is 32.2. The molecule has 0 fully saturated rings. The zero-order valence-corrected chi connectivity index (χ0v) is 15.8. The van der Waals surface area contributed by atoms with Gasteiger partial charge < -0.3 is 5.32 Å². The van der Waals surface area contributed by atoms with E-state index in [0.717, 1.165) is 33.2 Å². The van der Waals surface area contributed by atoms with Gasteiger partial charge in [0.05, 0.1) is 12.2 Å². The minimum absolute atomic E-state index is 0.0657. The molecule has 24 heavy (non-hydrogen) atoms. The third-order valence-corrected chi connectivity index (χ3v) is 6.88. The lowest BCUT2D eigenvalue weighted by Gasteiger charge is -2.04. The van der Waals surface area contributed by atoms with Gasteiger partial charge >= 0.3 is 0 Å². The van der Waals surface area contributed by atoms with Crippen LogP contribution >= 0.6 is 11.3 Å². The first-order chi connectivity index (χ1) is 11.2. The van der Waals surface area contributed by atoms with Gasteiger partial charge in [0.15, 0.2) is 0 Å². The molecule has 2 heterocycles. The van der Waals surface area contributed by atoms with Crippen LogP contribution in [0.2, 0.25) is 0 Å². The summed E-state index contributed by atoms with van der Waals surface area (Å²) in [5.74, 6) is -0.0657. The summed E-state index contributed by atoms with van der Waals surface area (Å²) in [6, 6.07) is 3.25. The minimum atomic E-state index is -3.42. The second kappa shape index (κ2) is 7.45. The number of carbonyl (C=O) groups is 1. The largest absolute Gasteiger partial charge is 0.351 e. The maximum absolute atomic E-state index is 12.0. The van der Waals surface area contributed by atoms with E-state index in [2.05, 4.69) is 15.1 Å². The summed E-state index contributed by atoms with van der Waals surface area (Å²) in [6.07, 6.45) is 1.02. The fourth-order valence-corrected chi connectivity index (χ4v) is 4.52. The van der Waals surface area contributed by atoms with Gasteiger partial charge in [-0.05, 0) is 45.0 Å². The third-order valence-electron chi connectivity index (χ3n) is 3.89. The van der Waals surface area contributed by atoms with Gasteiger partial charge in [0.1, 0.15) is 4.21 Å². The predicted molar refractivity (Wildman–Crippen MR) is 93.4 cm³/mol. The number of carbonyl (C=O) groups excluding carboxylic acids is 1. The van der Waals surface area contributed by atoms with Gasteiger partial charge in [-0.25, -0.2) is 13.1 Å². The molecule has 1 amide bonds. The number of hydrogen-bond acceptors (Lipinski definition) is 5. The Kier molecular flexibility index (Phi) is 5.79. The zero-order chi connectivity index (χ0) is 17.9. The Labute approximate surface area is 146 Å². The number of thiophene rings is 1. The van der Waals surface area contributed by atoms with Crippen molar-refractivity contribution in [2.75, 3.05) is 7.05 Å². The first-order valence-corrected chi connectivity index (χ1v) is 9.82. The highest BCUT2D eigenvalue weighted by Crippen LogP contribution is 2.21. The number of nitrogens with one attached hydrogen (secondary N) is 2. The SMILES string of the molecule is CNS(=O)(=O)c1ccc(CNC(=O)CCc2c(C)nn(C)c2C)s1. The average Bonchev–Trinajstić information content (AvgIpc) is 3.10. The Morgan fingerprint density at radius 2 is 2.04 bits per heavy atom. The van der Waals surface area contributed by atoms with Crippen molar-refractivity contribution in [1.82, 2.24) is 19.8 Å². The third kappa shape index (κ3) is 4.22. The molecule has 0 bridgehead atoms. The molecule has 0 saturated heterocycles. The topological polar surface area (TPSA) is 93.1 Å². The standard InChI is InChI=1S/C15H22N4O3S2/c1-10-13(11(2)19(4)18-10)6-7-14(20)17-9-12-5-8-15(23-12)24(21,22)16-3/h5,8,16H,6-7,9H2,1-4H3,(H,17,20). The monoisotopic (exact) mass is 370 g/mol. The Morgan fingerprint density at radius 3 is 2.62 bits per heavy atom. The van der Waals surface area contributed by atoms with Gasteiger partial charge in [-0.1, -0.05) is 0 Å². The molecule has 2 aromatic heterocycles. The van der Waals surface area contributed by atoms with Gasteiger partial charge in [0, 0.05) is 24.0 Å². The fraction of sp³-hybridized carbons (Fsp3) is 0.467. The van der Waals surface area contributed by atoms with E-state index < -0.39 is 10.0 Å². The lowest BCUT2D eigenvalue weighted by Crippen LogP contribution is -2.22. The summed E-state index contributed by atoms with van der Waals surface area (Å²) in [6.45, 7) is 4.26. The molecule has 0 aromatic carbocycles. The van der Waals surface area contributed by atoms with Crippen LogP contribution < -0.4 is 10.0 Å². The Morgan fingerprint density at radius 1 is 1.33 bits per heavy atom. The molecular weight excluding hydrogens is 348 g/mol. The fourth-order valence-electron chi connectivity index (χ4n) is 2.39. The maximum Gasteiger partial charge on any atom is 0.249 e. The van der Waals surface area contributed by atoms with Crippen molar-refractivity contribution in [2.45, 2.75) is 37.4 Å². The molecule has 132 valence electrons. The highest BCUT2D eigenvalue weighted by molar-refractivity contribution is 7.91. The molecular formula is C15H22N4O3S2. The molecule has 0 aliphatic carbocycles. The summed E-state index contributed by atoms with van der Waals surface area (Å²) in [5.41, 5.74) is 3.12. The van der Waals surface area contributed by atoms with E-state index in [4.69, 9.17) is 0 Å². The molecule has 7 nitrogen and oxygen atoms in total. The highest BCUT2D eigenvalue weighted by Gasteiger charge is 2.15. The Balaban J connectivity index is 1.88. The van der Waals surface area contributed by atoms with Crippen LogP contribution in [0, 0.1) is 13.8 Å². The van der Waals surface area contributed by atoms with Crippen molar-refractivity contribution in [3.05, 3.63) is 34.0 Å². The Hall–Kier alpha value is -1.71. The quantitative estimate of drug-likeness (QED) is 0.767. The van der Waals surface area contributed by atoms with Crippen molar-refractivity contribution in [3.8, 4) is 0 Å². The van der Waals surface area contributed by atoms with E-state index in [9.17, 15) is 13.2 Å². The van der Waals surface area contributed by atoms with Crippen molar-refractivity contribution < 1.29 is 13.2 Å². The minimum Gasteiger partial charge on any atom is -0.351 e. The van der Waals surface area contributed by atoms with Crippen molar-refractivity contribution in [2.24, 2.45) is 7.05 Å². The molecule has 2 aromatic rings. The number of rotatable bonds is 7. The van der Waals surface area contributed by atoms with Crippen molar-refractivity contribution in [3.63, 3.8) is 0 Å². The van der Waals surface area contributed by atoms with Crippen molar-refractivity contribution in [1.29, 1.82) is 0 Å². The van der Waals surface area contributed by atoms with E-state index in [0.29, 0.717) is 19.4 Å². The molecule has 2 rings (SSSR count). The van der Waals surface area contributed by atoms with Crippen LogP contribution in [0.5, 0.6) is 0 Å². The second-order valence-electron chi connectivity index (χ2n) is 5.48. The van der Waals surface area contributed by atoms with E-state index in [1.165, 1.54) is 7.05 Å². The molecule has 9 heteroatoms. The molecule has 0 spiro atoms. The van der Waals surface area contributed by atoms with Crippen LogP contribution in [-0.4, -0.2) is 31.2 Å². The summed E-state index contributed by atoms with van der Waals surface area (Å²) in [7, 11) is -0.161. The number of sulfonamides is 1. The van der Waals surface area contributed by atoms with Gasteiger partial charge in [-0.3, -0.25) is 9.48 Å². The number of nitrogens with zero attached hydrogens (tertiary/aromatic N) is 2. The molecule has 0 unspecified atom stereocenters. The number of aryl methyl sites for hydroxylation is 2. The van der Waals surface area contributed by atoms with Gasteiger partial charge in [-0.15, -0.1) is 11.3 Å². The summed E-state index contributed by atoms with van der Waals surface area (Å²) < 4.78 is 27.7. The van der Waals surface area contributed by atoms with Gasteiger partial charge in [-0.2, -0.15) is 5.10 Å². The number of amides is 1. The first-order valence-electron chi connectivity index (χ1n) is 7.52. The van der Waals surface area contributed by atoms with Gasteiger partial charge in [0.25, 0.3) is 0 Å². The van der Waals surface area contributed by atoms with Crippen LogP contribution in [0.1, 0.15) is 28.2 Å². The zero-order valence-electron chi connectivity index (χ0n) is 14.2. The summed E-state index contributed by atoms with van der Waals surface area (Å²) in [4.78, 5) is 12.8. The molecule has 2 N–H and O–H groups in total. The molecule has 0 saturated carbocycles. The average molecular weight is 371 g/mol. The van der Waals surface area contributed by atoms with E-state index in [1.54, 1.807) is 12.1 Å². The van der Waals surface area contributed by atoms with Gasteiger partial charge in [0.2, 0.25) is 15.9 Å². The Bertz CT molecular complexity index is 837.